The maximum absolute atomic E-state index is 12.5. The highest BCUT2D eigenvalue weighted by Crippen LogP contribution is 2.35. The molecule has 0 unspecified atom stereocenters. The minimum atomic E-state index is -0.577. The third-order valence-corrected chi connectivity index (χ3v) is 7.23. The molecule has 0 saturated heterocycles. The molecular formula is C22H17Cl2N3O4S2. The Bertz CT molecular complexity index is 1290. The third kappa shape index (κ3) is 5.37. The van der Waals surface area contributed by atoms with Crippen LogP contribution >= 0.6 is 45.9 Å². The molecule has 0 fully saturated rings. The van der Waals surface area contributed by atoms with E-state index in [0.717, 1.165) is 16.9 Å². The van der Waals surface area contributed by atoms with Gasteiger partial charge in [-0.15, -0.1) is 22.7 Å². The van der Waals surface area contributed by atoms with Crippen molar-refractivity contribution in [2.45, 2.75) is 13.8 Å². The summed E-state index contributed by atoms with van der Waals surface area (Å²) in [5.74, 6) is -1.14. The number of halogens is 2. The fourth-order valence-corrected chi connectivity index (χ4v) is 4.99. The van der Waals surface area contributed by atoms with Gasteiger partial charge in [-0.3, -0.25) is 0 Å². The van der Waals surface area contributed by atoms with Crippen molar-refractivity contribution >= 4 is 68.4 Å². The number of nitriles is 1. The van der Waals surface area contributed by atoms with Gasteiger partial charge in [0.2, 0.25) is 0 Å². The molecule has 0 aliphatic rings. The number of benzene rings is 1. The van der Waals surface area contributed by atoms with Crippen molar-refractivity contribution in [3.63, 3.8) is 0 Å². The Morgan fingerprint density at radius 2 is 2.03 bits per heavy atom. The van der Waals surface area contributed by atoms with E-state index in [9.17, 15) is 14.9 Å². The van der Waals surface area contributed by atoms with Crippen LogP contribution in [0, 0.1) is 18.3 Å². The molecule has 0 aliphatic carbocycles. The number of esters is 2. The molecule has 0 amide bonds. The average molecular weight is 522 g/mol. The molecule has 0 spiro atoms. The first-order chi connectivity index (χ1) is 15.8. The van der Waals surface area contributed by atoms with E-state index in [4.69, 9.17) is 32.7 Å². The van der Waals surface area contributed by atoms with Gasteiger partial charge >= 0.3 is 11.9 Å². The maximum Gasteiger partial charge on any atom is 0.348 e. The van der Waals surface area contributed by atoms with Crippen LogP contribution in [0.2, 0.25) is 10.0 Å². The molecule has 3 aromatic rings. The van der Waals surface area contributed by atoms with E-state index < -0.39 is 11.9 Å². The molecule has 1 aromatic carbocycles. The molecule has 33 heavy (non-hydrogen) atoms. The zero-order chi connectivity index (χ0) is 24.1. The molecule has 0 radical (unpaired) electrons. The lowest BCUT2D eigenvalue weighted by Gasteiger charge is -2.05. The molecule has 1 N–H and O–H groups in total. The predicted molar refractivity (Wildman–Crippen MR) is 131 cm³/mol. The summed E-state index contributed by atoms with van der Waals surface area (Å²) < 4.78 is 9.92. The van der Waals surface area contributed by atoms with Crippen LogP contribution in [-0.2, 0) is 9.47 Å². The van der Waals surface area contributed by atoms with Gasteiger partial charge in [-0.2, -0.15) is 5.26 Å². The first-order valence-corrected chi connectivity index (χ1v) is 11.9. The third-order valence-electron chi connectivity index (χ3n) is 4.42. The molecule has 3 rings (SSSR count). The summed E-state index contributed by atoms with van der Waals surface area (Å²) in [5.41, 5.74) is 2.30. The number of thiophene rings is 1. The molecule has 0 bridgehead atoms. The largest absolute Gasteiger partial charge is 0.465 e. The normalized spacial score (nSPS) is 11.1. The Labute approximate surface area is 208 Å². The van der Waals surface area contributed by atoms with Crippen LogP contribution in [0.3, 0.4) is 0 Å². The number of ether oxygens (including phenoxy) is 2. The highest BCUT2D eigenvalue weighted by molar-refractivity contribution is 7.18. The summed E-state index contributed by atoms with van der Waals surface area (Å²) in [4.78, 5) is 29.4. The second-order valence-corrected chi connectivity index (χ2v) is 9.15. The Morgan fingerprint density at radius 3 is 2.67 bits per heavy atom. The van der Waals surface area contributed by atoms with Gasteiger partial charge in [0.05, 0.1) is 35.0 Å². The molecule has 2 aromatic heterocycles. The summed E-state index contributed by atoms with van der Waals surface area (Å²) in [6, 6.07) is 7.26. The molecular weight excluding hydrogens is 505 g/mol. The van der Waals surface area contributed by atoms with Gasteiger partial charge in [0.15, 0.2) is 0 Å². The number of nitrogens with one attached hydrogen (secondary N) is 1. The van der Waals surface area contributed by atoms with Crippen LogP contribution in [0.1, 0.15) is 37.5 Å². The summed E-state index contributed by atoms with van der Waals surface area (Å²) >= 11 is 14.4. The fraction of sp³-hybridized carbons (Fsp3) is 0.182. The minimum absolute atomic E-state index is 0.178. The number of carbonyl (C=O) groups is 2. The first-order valence-electron chi connectivity index (χ1n) is 9.47. The maximum atomic E-state index is 12.5. The number of anilines is 1. The van der Waals surface area contributed by atoms with Gasteiger partial charge in [-0.05, 0) is 31.5 Å². The molecule has 0 atom stereocenters. The Kier molecular flexibility index (Phi) is 8.10. The van der Waals surface area contributed by atoms with Crippen molar-refractivity contribution < 1.29 is 19.1 Å². The predicted octanol–water partition coefficient (Wildman–Crippen LogP) is 6.43. The van der Waals surface area contributed by atoms with Crippen LogP contribution in [0.4, 0.5) is 5.00 Å². The van der Waals surface area contributed by atoms with Crippen LogP contribution in [-0.4, -0.2) is 30.6 Å². The Morgan fingerprint density at radius 1 is 1.27 bits per heavy atom. The van der Waals surface area contributed by atoms with Gasteiger partial charge in [0, 0.05) is 17.1 Å². The van der Waals surface area contributed by atoms with Crippen LogP contribution < -0.4 is 5.32 Å². The highest BCUT2D eigenvalue weighted by atomic mass is 35.5. The number of nitrogens with zero attached hydrogens (tertiary/aromatic N) is 2. The smallest absolute Gasteiger partial charge is 0.348 e. The van der Waals surface area contributed by atoms with Crippen molar-refractivity contribution in [3.05, 3.63) is 60.8 Å². The fourth-order valence-electron chi connectivity index (χ4n) is 2.82. The minimum Gasteiger partial charge on any atom is -0.465 e. The molecule has 170 valence electrons. The first kappa shape index (κ1) is 24.7. The van der Waals surface area contributed by atoms with Gasteiger partial charge in [0.25, 0.3) is 0 Å². The second-order valence-electron chi connectivity index (χ2n) is 6.45. The SMILES string of the molecule is CCOC(=O)c1c(N/C=C(/C#N)c2nc(-c3ccc(Cl)c(Cl)c3)cs2)sc(C(=O)OC)c1C. The van der Waals surface area contributed by atoms with E-state index in [1.165, 1.54) is 24.6 Å². The number of thiazole rings is 1. The molecule has 0 saturated carbocycles. The van der Waals surface area contributed by atoms with Gasteiger partial charge in [-0.1, -0.05) is 29.3 Å². The van der Waals surface area contributed by atoms with Crippen LogP contribution in [0.15, 0.2) is 29.8 Å². The number of hydrogen-bond donors (Lipinski definition) is 1. The number of aromatic nitrogens is 1. The number of methoxy groups -OCH3 is 1. The summed E-state index contributed by atoms with van der Waals surface area (Å²) in [6.45, 7) is 3.51. The molecule has 7 nitrogen and oxygen atoms in total. The van der Waals surface area contributed by atoms with Crippen molar-refractivity contribution in [2.75, 3.05) is 19.0 Å². The standard InChI is InChI=1S/C22H17Cl2N3O4S2/c1-4-31-21(28)17-11(2)18(22(29)30-3)33-20(17)26-9-13(8-25)19-27-16(10-32-19)12-5-6-14(23)15(24)7-12/h5-7,9-10,26H,4H2,1-3H3/b13-9-. The Hall–Kier alpha value is -2.90. The van der Waals surface area contributed by atoms with Crippen molar-refractivity contribution in [1.82, 2.24) is 4.98 Å². The van der Waals surface area contributed by atoms with E-state index in [1.807, 2.05) is 0 Å². The van der Waals surface area contributed by atoms with Gasteiger partial charge in [0.1, 0.15) is 26.5 Å². The summed E-state index contributed by atoms with van der Waals surface area (Å²) in [6.07, 6.45) is 1.44. The van der Waals surface area contributed by atoms with E-state index in [2.05, 4.69) is 16.4 Å². The molecule has 0 aliphatic heterocycles. The zero-order valence-corrected chi connectivity index (χ0v) is 20.8. The lowest BCUT2D eigenvalue weighted by molar-refractivity contribution is 0.0527. The monoisotopic (exact) mass is 521 g/mol. The van der Waals surface area contributed by atoms with E-state index in [1.54, 1.807) is 37.4 Å². The molecule has 2 heterocycles. The lowest BCUT2D eigenvalue weighted by Crippen LogP contribution is -2.08. The van der Waals surface area contributed by atoms with E-state index in [0.29, 0.717) is 31.3 Å². The summed E-state index contributed by atoms with van der Waals surface area (Å²) in [5, 5.41) is 16.1. The topological polar surface area (TPSA) is 101 Å². The van der Waals surface area contributed by atoms with Crippen LogP contribution in [0.5, 0.6) is 0 Å². The number of carbonyl (C=O) groups excluding carboxylic acids is 2. The second kappa shape index (κ2) is 10.8. The highest BCUT2D eigenvalue weighted by Gasteiger charge is 2.26. The summed E-state index contributed by atoms with van der Waals surface area (Å²) in [7, 11) is 1.26. The number of allylic oxidation sites excluding steroid dienone is 1. The van der Waals surface area contributed by atoms with Crippen molar-refractivity contribution in [1.29, 1.82) is 5.26 Å². The molecule has 11 heteroatoms. The number of hydrogen-bond acceptors (Lipinski definition) is 9. The number of rotatable bonds is 7. The average Bonchev–Trinajstić information content (AvgIpc) is 3.41. The van der Waals surface area contributed by atoms with Gasteiger partial charge < -0.3 is 14.8 Å². The van der Waals surface area contributed by atoms with Crippen molar-refractivity contribution in [3.8, 4) is 17.3 Å². The zero-order valence-electron chi connectivity index (χ0n) is 17.7. The van der Waals surface area contributed by atoms with Crippen molar-refractivity contribution in [2.24, 2.45) is 0 Å². The van der Waals surface area contributed by atoms with E-state index in [-0.39, 0.29) is 22.6 Å². The lowest BCUT2D eigenvalue weighted by atomic mass is 10.1. The van der Waals surface area contributed by atoms with Gasteiger partial charge in [-0.25, -0.2) is 14.6 Å². The van der Waals surface area contributed by atoms with E-state index >= 15 is 0 Å². The Balaban J connectivity index is 1.94. The quantitative estimate of drug-likeness (QED) is 0.282. The van der Waals surface area contributed by atoms with Crippen LogP contribution in [0.25, 0.3) is 16.8 Å².